The second-order valence-electron chi connectivity index (χ2n) is 3.13. The van der Waals surface area contributed by atoms with Crippen LogP contribution in [0.5, 0.6) is 0 Å². The van der Waals surface area contributed by atoms with Crippen molar-refractivity contribution < 1.29 is 13.7 Å². The third-order valence-electron chi connectivity index (χ3n) is 1.74. The van der Waals surface area contributed by atoms with Crippen molar-refractivity contribution in [3.63, 3.8) is 0 Å². The highest BCUT2D eigenvalue weighted by atomic mass is 28.3. The van der Waals surface area contributed by atoms with Crippen LogP contribution in [0.3, 0.4) is 0 Å². The van der Waals surface area contributed by atoms with Crippen LogP contribution in [-0.4, -0.2) is 19.6 Å². The molecule has 10 heavy (non-hydrogen) atoms. The Bertz CT molecular complexity index is 131. The van der Waals surface area contributed by atoms with Gasteiger partial charge in [-0.3, -0.25) is 4.46 Å². The fourth-order valence-corrected chi connectivity index (χ4v) is 1.03. The highest BCUT2D eigenvalue weighted by molar-refractivity contribution is 6.24. The summed E-state index contributed by atoms with van der Waals surface area (Å²) in [5, 5.41) is 0. The zero-order chi connectivity index (χ0) is 8.36. The highest BCUT2D eigenvalue weighted by Gasteiger charge is 2.27. The van der Waals surface area contributed by atoms with Crippen LogP contribution in [0.1, 0.15) is 27.7 Å². The van der Waals surface area contributed by atoms with Gasteiger partial charge in [-0.25, -0.2) is 0 Å². The topological polar surface area (TPSA) is 46.5 Å². The first kappa shape index (κ1) is 9.62. The molecule has 0 spiro atoms. The molecule has 0 aromatic carbocycles. The van der Waals surface area contributed by atoms with Crippen LogP contribution in [0.2, 0.25) is 0 Å². The molecular weight excluding hydrogens is 148 g/mol. The van der Waals surface area contributed by atoms with Gasteiger partial charge in [0.25, 0.3) is 0 Å². The third-order valence-corrected chi connectivity index (χ3v) is 2.44. The quantitative estimate of drug-likeness (QED) is 0.626. The Labute approximate surface area is 62.9 Å². The van der Waals surface area contributed by atoms with Crippen molar-refractivity contribution in [2.75, 3.05) is 0 Å². The summed E-state index contributed by atoms with van der Waals surface area (Å²) in [6.07, 6.45) is 0. The van der Waals surface area contributed by atoms with Gasteiger partial charge < -0.3 is 9.22 Å². The molecule has 0 aliphatic carbocycles. The van der Waals surface area contributed by atoms with E-state index in [4.69, 9.17) is 9.22 Å². The Morgan fingerprint density at radius 2 is 1.90 bits per heavy atom. The summed E-state index contributed by atoms with van der Waals surface area (Å²) in [6, 6.07) is 0. The summed E-state index contributed by atoms with van der Waals surface area (Å²) in [5.74, 6) is 0.244. The largest absolute Gasteiger partial charge is 0.765 e. The molecule has 3 nitrogen and oxygen atoms in total. The van der Waals surface area contributed by atoms with Crippen LogP contribution in [-0.2, 0) is 8.89 Å². The van der Waals surface area contributed by atoms with Crippen molar-refractivity contribution in [3.05, 3.63) is 0 Å². The van der Waals surface area contributed by atoms with Gasteiger partial charge in [-0.1, -0.05) is 13.8 Å². The zero-order valence-corrected chi connectivity index (χ0v) is 7.84. The van der Waals surface area contributed by atoms with Gasteiger partial charge in [0, 0.05) is 0 Å². The molecule has 0 saturated heterocycles. The first-order chi connectivity index (χ1) is 4.36. The standard InChI is InChI=1S/C6H14O3Si/c1-5(2)6(3,4)9-10(7)8/h5,7H,1-4H3. The number of rotatable bonds is 3. The average molecular weight is 162 g/mol. The van der Waals surface area contributed by atoms with Crippen molar-refractivity contribution in [2.45, 2.75) is 33.3 Å². The summed E-state index contributed by atoms with van der Waals surface area (Å²) in [5.41, 5.74) is -0.495. The van der Waals surface area contributed by atoms with E-state index in [1.807, 2.05) is 13.8 Å². The van der Waals surface area contributed by atoms with Crippen LogP contribution in [0.15, 0.2) is 0 Å². The van der Waals surface area contributed by atoms with Crippen LogP contribution in [0.4, 0.5) is 0 Å². The molecule has 0 fully saturated rings. The van der Waals surface area contributed by atoms with Crippen molar-refractivity contribution in [3.8, 4) is 0 Å². The van der Waals surface area contributed by atoms with Crippen molar-refractivity contribution in [1.82, 2.24) is 0 Å². The van der Waals surface area contributed by atoms with E-state index in [-0.39, 0.29) is 5.92 Å². The molecule has 4 heteroatoms. The average Bonchev–Trinajstić information content (AvgIpc) is 1.60. The first-order valence-corrected chi connectivity index (χ1v) is 4.54. The Hall–Kier alpha value is -0.383. The smallest absolute Gasteiger partial charge is 0.511 e. The maximum atomic E-state index is 10.3. The van der Waals surface area contributed by atoms with Crippen molar-refractivity contribution in [1.29, 1.82) is 0 Å². The molecule has 0 rings (SSSR count). The maximum absolute atomic E-state index is 10.3. The summed E-state index contributed by atoms with van der Waals surface area (Å²) in [6.45, 7) is 7.50. The summed E-state index contributed by atoms with van der Waals surface area (Å²) in [7, 11) is -2.79. The molecule has 1 N–H and O–H groups in total. The molecule has 0 aromatic heterocycles. The molecule has 0 radical (unpaired) electrons. The third kappa shape index (κ3) is 2.96. The van der Waals surface area contributed by atoms with E-state index in [0.29, 0.717) is 0 Å². The molecule has 0 atom stereocenters. The van der Waals surface area contributed by atoms with Gasteiger partial charge in [-0.05, 0) is 19.8 Å². The normalized spacial score (nSPS) is 11.7. The van der Waals surface area contributed by atoms with Crippen LogP contribution < -0.4 is 0 Å². The van der Waals surface area contributed by atoms with Crippen LogP contribution in [0.25, 0.3) is 0 Å². The molecule has 0 bridgehead atoms. The SMILES string of the molecule is CC(C)C(C)(C)O[Si](=O)O. The first-order valence-electron chi connectivity index (χ1n) is 3.28. The lowest BCUT2D eigenvalue weighted by Crippen LogP contribution is -2.34. The van der Waals surface area contributed by atoms with Gasteiger partial charge in [0.15, 0.2) is 0 Å². The fraction of sp³-hybridized carbons (Fsp3) is 1.00. The lowest BCUT2D eigenvalue weighted by molar-refractivity contribution is 0.0293. The molecule has 0 aromatic rings. The Morgan fingerprint density at radius 1 is 1.50 bits per heavy atom. The molecule has 0 saturated carbocycles. The summed E-state index contributed by atoms with van der Waals surface area (Å²) >= 11 is 0. The molecular formula is C6H14O3Si. The Kier molecular flexibility index (Phi) is 3.02. The summed E-state index contributed by atoms with van der Waals surface area (Å²) in [4.78, 5) is 8.46. The maximum Gasteiger partial charge on any atom is 0.765 e. The van der Waals surface area contributed by atoms with E-state index in [1.165, 1.54) is 0 Å². The lowest BCUT2D eigenvalue weighted by Gasteiger charge is -2.27. The molecule has 0 heterocycles. The Balaban J connectivity index is 3.99. The highest BCUT2D eigenvalue weighted by Crippen LogP contribution is 2.19. The zero-order valence-electron chi connectivity index (χ0n) is 6.84. The summed E-state index contributed by atoms with van der Waals surface area (Å²) < 4.78 is 15.1. The van der Waals surface area contributed by atoms with Gasteiger partial charge >= 0.3 is 9.17 Å². The van der Waals surface area contributed by atoms with Gasteiger partial charge in [0.05, 0.1) is 5.60 Å². The lowest BCUT2D eigenvalue weighted by atomic mass is 9.95. The van der Waals surface area contributed by atoms with E-state index in [1.54, 1.807) is 13.8 Å². The van der Waals surface area contributed by atoms with Crippen LogP contribution >= 0.6 is 0 Å². The molecule has 0 aliphatic rings. The number of hydrogen-bond acceptors (Lipinski definition) is 2. The molecule has 60 valence electrons. The minimum Gasteiger partial charge on any atom is -0.511 e. The number of hydrogen-bond donors (Lipinski definition) is 1. The van der Waals surface area contributed by atoms with Gasteiger partial charge in [-0.15, -0.1) is 0 Å². The van der Waals surface area contributed by atoms with E-state index in [0.717, 1.165) is 0 Å². The van der Waals surface area contributed by atoms with E-state index in [2.05, 4.69) is 0 Å². The molecule has 0 aliphatic heterocycles. The fourth-order valence-electron chi connectivity index (χ4n) is 0.343. The monoisotopic (exact) mass is 162 g/mol. The minimum absolute atomic E-state index is 0.244. The Morgan fingerprint density at radius 3 is 2.00 bits per heavy atom. The van der Waals surface area contributed by atoms with E-state index < -0.39 is 14.8 Å². The van der Waals surface area contributed by atoms with Crippen LogP contribution in [0, 0.1) is 5.92 Å². The van der Waals surface area contributed by atoms with Crippen molar-refractivity contribution in [2.24, 2.45) is 5.92 Å². The van der Waals surface area contributed by atoms with Gasteiger partial charge in [0.1, 0.15) is 0 Å². The van der Waals surface area contributed by atoms with Crippen molar-refractivity contribution >= 4 is 9.17 Å². The molecule has 0 unspecified atom stereocenters. The minimum atomic E-state index is -2.79. The van der Waals surface area contributed by atoms with Gasteiger partial charge in [0.2, 0.25) is 0 Å². The second kappa shape index (κ2) is 3.14. The predicted molar refractivity (Wildman–Crippen MR) is 38.7 cm³/mol. The van der Waals surface area contributed by atoms with Gasteiger partial charge in [-0.2, -0.15) is 0 Å². The van der Waals surface area contributed by atoms with E-state index in [9.17, 15) is 4.46 Å². The second-order valence-corrected chi connectivity index (χ2v) is 3.86. The predicted octanol–water partition coefficient (Wildman–Crippen LogP) is 0.845. The van der Waals surface area contributed by atoms with E-state index >= 15 is 0 Å². The molecule has 0 amide bonds.